The zero-order chi connectivity index (χ0) is 25.7. The Labute approximate surface area is 208 Å². The number of pyridine rings is 2. The van der Waals surface area contributed by atoms with Gasteiger partial charge in [-0.2, -0.15) is 0 Å². The van der Waals surface area contributed by atoms with Crippen molar-refractivity contribution in [2.24, 2.45) is 11.7 Å². The molecule has 3 aromatic rings. The van der Waals surface area contributed by atoms with Gasteiger partial charge in [-0.1, -0.05) is 13.0 Å². The van der Waals surface area contributed by atoms with Crippen molar-refractivity contribution in [3.63, 3.8) is 0 Å². The van der Waals surface area contributed by atoms with E-state index in [0.717, 1.165) is 6.42 Å². The molecule has 2 aliphatic rings. The highest BCUT2D eigenvalue weighted by Crippen LogP contribution is 2.40. The summed E-state index contributed by atoms with van der Waals surface area (Å²) in [6.07, 6.45) is 2.24. The minimum Gasteiger partial charge on any atom is -0.454 e. The van der Waals surface area contributed by atoms with Crippen LogP contribution >= 0.6 is 0 Å². The lowest BCUT2D eigenvalue weighted by Gasteiger charge is -2.33. The molecule has 1 amide bonds. The van der Waals surface area contributed by atoms with Gasteiger partial charge in [0.15, 0.2) is 16.5 Å². The van der Waals surface area contributed by atoms with Crippen LogP contribution in [0.4, 0.5) is 5.82 Å². The molecule has 1 atom stereocenters. The number of ether oxygens (including phenoxy) is 3. The van der Waals surface area contributed by atoms with Crippen molar-refractivity contribution in [1.29, 1.82) is 0 Å². The smallest absolute Gasteiger partial charge is 0.253 e. The SMILES string of the molecule is CC1CN(c2nccc(S(=O)(=O)c3cccc(Oc4ccc5c(c4)OCO5)n3)c2C(N)=O)C(C)(C)C1. The fraction of sp³-hybridized carbons (Fsp3) is 0.320. The third-order valence-corrected chi connectivity index (χ3v) is 7.99. The average molecular weight is 511 g/mol. The van der Waals surface area contributed by atoms with E-state index in [1.807, 2.05) is 18.7 Å². The van der Waals surface area contributed by atoms with E-state index < -0.39 is 15.7 Å². The minimum absolute atomic E-state index is 0.0549. The molecule has 0 aliphatic carbocycles. The fourth-order valence-electron chi connectivity index (χ4n) is 4.83. The van der Waals surface area contributed by atoms with E-state index in [4.69, 9.17) is 19.9 Å². The summed E-state index contributed by atoms with van der Waals surface area (Å²) in [4.78, 5) is 22.9. The zero-order valence-electron chi connectivity index (χ0n) is 20.1. The maximum atomic E-state index is 13.7. The number of rotatable bonds is 6. The Bertz CT molecular complexity index is 1460. The van der Waals surface area contributed by atoms with Gasteiger partial charge in [-0.05, 0) is 50.5 Å². The van der Waals surface area contributed by atoms with Crippen molar-refractivity contribution in [1.82, 2.24) is 9.97 Å². The molecule has 0 bridgehead atoms. The summed E-state index contributed by atoms with van der Waals surface area (Å²) in [6.45, 7) is 6.91. The van der Waals surface area contributed by atoms with Gasteiger partial charge in [0.05, 0.1) is 4.90 Å². The van der Waals surface area contributed by atoms with Gasteiger partial charge in [0, 0.05) is 30.4 Å². The lowest BCUT2D eigenvalue weighted by Crippen LogP contribution is -2.40. The third kappa shape index (κ3) is 4.19. The fourth-order valence-corrected chi connectivity index (χ4v) is 6.22. The van der Waals surface area contributed by atoms with E-state index in [-0.39, 0.29) is 39.5 Å². The maximum absolute atomic E-state index is 13.7. The van der Waals surface area contributed by atoms with E-state index >= 15 is 0 Å². The number of nitrogens with two attached hydrogens (primary N) is 1. The molecule has 1 fully saturated rings. The van der Waals surface area contributed by atoms with E-state index in [0.29, 0.717) is 29.7 Å². The van der Waals surface area contributed by atoms with Crippen molar-refractivity contribution < 1.29 is 27.4 Å². The molecule has 0 radical (unpaired) electrons. The summed E-state index contributed by atoms with van der Waals surface area (Å²) in [5.41, 5.74) is 5.25. The number of aromatic nitrogens is 2. The summed E-state index contributed by atoms with van der Waals surface area (Å²) in [7, 11) is -4.25. The molecule has 2 aromatic heterocycles. The zero-order valence-corrected chi connectivity index (χ0v) is 20.9. The predicted octanol–water partition coefficient (Wildman–Crippen LogP) is 3.55. The van der Waals surface area contributed by atoms with Crippen LogP contribution in [0.5, 0.6) is 23.1 Å². The maximum Gasteiger partial charge on any atom is 0.253 e. The normalized spacial score (nSPS) is 18.3. The number of primary amides is 1. The van der Waals surface area contributed by atoms with Crippen LogP contribution in [-0.4, -0.2) is 43.2 Å². The molecule has 36 heavy (non-hydrogen) atoms. The Morgan fingerprint density at radius 3 is 2.67 bits per heavy atom. The van der Waals surface area contributed by atoms with Crippen LogP contribution in [0.15, 0.2) is 58.6 Å². The van der Waals surface area contributed by atoms with Crippen LogP contribution in [0, 0.1) is 5.92 Å². The van der Waals surface area contributed by atoms with Crippen LogP contribution in [0.3, 0.4) is 0 Å². The number of sulfone groups is 1. The Balaban J connectivity index is 1.53. The third-order valence-electron chi connectivity index (χ3n) is 6.30. The first-order valence-electron chi connectivity index (χ1n) is 11.4. The summed E-state index contributed by atoms with van der Waals surface area (Å²) in [5, 5.41) is -0.283. The van der Waals surface area contributed by atoms with Crippen molar-refractivity contribution >= 4 is 21.6 Å². The number of fused-ring (bicyclic) bond motifs is 1. The summed E-state index contributed by atoms with van der Waals surface area (Å²) < 4.78 is 43.8. The number of amides is 1. The summed E-state index contributed by atoms with van der Waals surface area (Å²) in [6, 6.07) is 10.6. The molecule has 2 N–H and O–H groups in total. The standard InChI is InChI=1S/C25H26N4O6S/c1-15-12-25(2,3)29(13-15)24-22(23(26)30)19(9-10-27-24)36(31,32)21-6-4-5-20(28-21)35-16-7-8-17-18(11-16)34-14-33-17/h4-11,15H,12-14H2,1-3H3,(H2,26,30). The molecule has 2 aliphatic heterocycles. The quantitative estimate of drug-likeness (QED) is 0.528. The van der Waals surface area contributed by atoms with Gasteiger partial charge < -0.3 is 24.8 Å². The van der Waals surface area contributed by atoms with Gasteiger partial charge >= 0.3 is 0 Å². The van der Waals surface area contributed by atoms with Crippen molar-refractivity contribution in [3.05, 3.63) is 54.2 Å². The molecule has 0 spiro atoms. The second kappa shape index (κ2) is 8.66. The van der Waals surface area contributed by atoms with E-state index in [1.165, 1.54) is 30.5 Å². The number of hydrogen-bond acceptors (Lipinski definition) is 9. The van der Waals surface area contributed by atoms with Crippen LogP contribution in [-0.2, 0) is 9.84 Å². The molecule has 1 aromatic carbocycles. The van der Waals surface area contributed by atoms with Gasteiger partial charge in [-0.25, -0.2) is 18.4 Å². The molecule has 1 unspecified atom stereocenters. The molecule has 1 saturated heterocycles. The van der Waals surface area contributed by atoms with Crippen molar-refractivity contribution in [3.8, 4) is 23.1 Å². The number of benzene rings is 1. The topological polar surface area (TPSA) is 134 Å². The first-order valence-corrected chi connectivity index (χ1v) is 12.9. The highest BCUT2D eigenvalue weighted by molar-refractivity contribution is 7.91. The number of nitrogens with zero attached hydrogens (tertiary/aromatic N) is 3. The molecule has 11 heteroatoms. The van der Waals surface area contributed by atoms with Crippen molar-refractivity contribution in [2.75, 3.05) is 18.2 Å². The van der Waals surface area contributed by atoms with Crippen molar-refractivity contribution in [2.45, 2.75) is 42.7 Å². The summed E-state index contributed by atoms with van der Waals surface area (Å²) >= 11 is 0. The number of carbonyl (C=O) groups excluding carboxylic acids is 1. The van der Waals surface area contributed by atoms with E-state index in [2.05, 4.69) is 16.9 Å². The Morgan fingerprint density at radius 1 is 1.17 bits per heavy atom. The minimum atomic E-state index is -4.25. The van der Waals surface area contributed by atoms with Gasteiger partial charge in [-0.3, -0.25) is 4.79 Å². The molecule has 5 rings (SSSR count). The second-order valence-electron chi connectivity index (χ2n) is 9.54. The van der Waals surface area contributed by atoms with E-state index in [9.17, 15) is 13.2 Å². The van der Waals surface area contributed by atoms with Gasteiger partial charge in [0.25, 0.3) is 5.91 Å². The molecular formula is C25H26N4O6S. The van der Waals surface area contributed by atoms with Gasteiger partial charge in [-0.15, -0.1) is 0 Å². The number of hydrogen-bond donors (Lipinski definition) is 1. The predicted molar refractivity (Wildman–Crippen MR) is 130 cm³/mol. The molecule has 10 nitrogen and oxygen atoms in total. The van der Waals surface area contributed by atoms with Gasteiger partial charge in [0.2, 0.25) is 22.5 Å². The Kier molecular flexibility index (Phi) is 5.74. The first kappa shape index (κ1) is 23.9. The highest BCUT2D eigenvalue weighted by Gasteiger charge is 2.40. The second-order valence-corrected chi connectivity index (χ2v) is 11.4. The summed E-state index contributed by atoms with van der Waals surface area (Å²) in [5.74, 6) is 1.29. The lowest BCUT2D eigenvalue weighted by molar-refractivity contribution is 0.0997. The molecule has 4 heterocycles. The lowest BCUT2D eigenvalue weighted by atomic mass is 9.97. The van der Waals surface area contributed by atoms with Crippen LogP contribution in [0.2, 0.25) is 0 Å². The largest absolute Gasteiger partial charge is 0.454 e. The molecule has 188 valence electrons. The molecular weight excluding hydrogens is 484 g/mol. The van der Waals surface area contributed by atoms with Crippen LogP contribution in [0.1, 0.15) is 37.6 Å². The number of anilines is 1. The van der Waals surface area contributed by atoms with Crippen LogP contribution < -0.4 is 24.8 Å². The monoisotopic (exact) mass is 510 g/mol. The van der Waals surface area contributed by atoms with Crippen LogP contribution in [0.25, 0.3) is 0 Å². The average Bonchev–Trinajstić information content (AvgIpc) is 3.40. The number of carbonyl (C=O) groups is 1. The van der Waals surface area contributed by atoms with Gasteiger partial charge in [0.1, 0.15) is 17.1 Å². The Hall–Kier alpha value is -3.86. The highest BCUT2D eigenvalue weighted by atomic mass is 32.2. The first-order chi connectivity index (χ1) is 17.1. The van der Waals surface area contributed by atoms with E-state index in [1.54, 1.807) is 18.2 Å². The molecule has 0 saturated carbocycles. The Morgan fingerprint density at radius 2 is 1.94 bits per heavy atom.